The number of rotatable bonds is 4. The van der Waals surface area contributed by atoms with Gasteiger partial charge in [0, 0.05) is 5.56 Å². The van der Waals surface area contributed by atoms with Gasteiger partial charge in [0.1, 0.15) is 0 Å². The van der Waals surface area contributed by atoms with Crippen LogP contribution in [-0.4, -0.2) is 5.84 Å². The molecule has 4 heteroatoms. The van der Waals surface area contributed by atoms with Crippen LogP contribution >= 0.6 is 0 Å². The van der Waals surface area contributed by atoms with Crippen molar-refractivity contribution in [2.24, 2.45) is 5.10 Å². The summed E-state index contributed by atoms with van der Waals surface area (Å²) in [5, 5.41) is 8.69. The Morgan fingerprint density at radius 3 is 1.59 bits per heavy atom. The van der Waals surface area contributed by atoms with Crippen LogP contribution in [0.2, 0.25) is 0 Å². The van der Waals surface area contributed by atoms with Gasteiger partial charge in [-0.05, 0) is 35.4 Å². The molecule has 1 aliphatic rings. The summed E-state index contributed by atoms with van der Waals surface area (Å²) >= 11 is 0. The molecule has 4 aromatic rings. The Balaban J connectivity index is 1.48. The minimum absolute atomic E-state index is 0.803. The maximum Gasteiger partial charge on any atom is 0.176 e. The molecule has 4 aromatic carbocycles. The predicted octanol–water partition coefficient (Wildman–Crippen LogP) is 5.46. The van der Waals surface area contributed by atoms with Crippen LogP contribution in [0.25, 0.3) is 11.1 Å². The number of hydrogen-bond acceptors (Lipinski definition) is 4. The molecule has 140 valence electrons. The first-order valence-electron chi connectivity index (χ1n) is 9.60. The Kier molecular flexibility index (Phi) is 4.43. The summed E-state index contributed by atoms with van der Waals surface area (Å²) in [6.07, 6.45) is 0. The van der Waals surface area contributed by atoms with E-state index in [4.69, 9.17) is 5.10 Å². The van der Waals surface area contributed by atoms with Gasteiger partial charge in [-0.25, -0.2) is 0 Å². The molecule has 4 nitrogen and oxygen atoms in total. The van der Waals surface area contributed by atoms with Crippen molar-refractivity contribution in [2.75, 3.05) is 10.2 Å². The highest BCUT2D eigenvalue weighted by atomic mass is 15.9. The van der Waals surface area contributed by atoms with Crippen LogP contribution in [0.4, 0.5) is 11.4 Å². The highest BCUT2D eigenvalue weighted by Gasteiger charge is 2.26. The molecular formula is C25H20N4. The summed E-state index contributed by atoms with van der Waals surface area (Å²) in [4.78, 5) is 0. The zero-order valence-corrected chi connectivity index (χ0v) is 15.8. The fraction of sp³-hybridized carbons (Fsp3) is 0. The van der Waals surface area contributed by atoms with Gasteiger partial charge >= 0.3 is 0 Å². The molecule has 0 radical (unpaired) electrons. The molecule has 0 fully saturated rings. The second kappa shape index (κ2) is 7.52. The van der Waals surface area contributed by atoms with Gasteiger partial charge in [-0.2, -0.15) is 10.2 Å². The quantitative estimate of drug-likeness (QED) is 0.513. The maximum absolute atomic E-state index is 4.85. The lowest BCUT2D eigenvalue weighted by Crippen LogP contribution is -2.44. The normalized spacial score (nSPS) is 13.2. The molecule has 29 heavy (non-hydrogen) atoms. The van der Waals surface area contributed by atoms with Crippen molar-refractivity contribution in [1.82, 2.24) is 5.43 Å². The monoisotopic (exact) mass is 376 g/mol. The summed E-state index contributed by atoms with van der Waals surface area (Å²) in [5.41, 5.74) is 8.86. The average molecular weight is 376 g/mol. The molecule has 0 aliphatic carbocycles. The van der Waals surface area contributed by atoms with Gasteiger partial charge in [0.15, 0.2) is 5.84 Å². The lowest BCUT2D eigenvalue weighted by atomic mass is 10.0. The van der Waals surface area contributed by atoms with E-state index in [1.165, 1.54) is 11.1 Å². The molecule has 1 heterocycles. The van der Waals surface area contributed by atoms with E-state index in [2.05, 4.69) is 66.1 Å². The first kappa shape index (κ1) is 17.1. The molecule has 5 rings (SSSR count). The number of benzene rings is 4. The fourth-order valence-electron chi connectivity index (χ4n) is 3.36. The second-order valence-corrected chi connectivity index (χ2v) is 6.78. The number of hydrazine groups is 2. The van der Waals surface area contributed by atoms with Crippen molar-refractivity contribution in [1.29, 1.82) is 0 Å². The van der Waals surface area contributed by atoms with Crippen molar-refractivity contribution in [3.63, 3.8) is 0 Å². The maximum atomic E-state index is 4.85. The third-order valence-electron chi connectivity index (χ3n) is 4.85. The Bertz CT molecular complexity index is 1110. The lowest BCUT2D eigenvalue weighted by molar-refractivity contribution is 0.771. The SMILES string of the molecule is c1ccc(-c2ccc(C3=NN(c4ccccc4)N(c4ccccc4)N3)cc2)cc1. The van der Waals surface area contributed by atoms with Crippen LogP contribution < -0.4 is 15.7 Å². The third-order valence-corrected chi connectivity index (χ3v) is 4.85. The van der Waals surface area contributed by atoms with Crippen molar-refractivity contribution in [3.05, 3.63) is 121 Å². The van der Waals surface area contributed by atoms with Gasteiger partial charge in [-0.3, -0.25) is 5.43 Å². The molecule has 1 aliphatic heterocycles. The predicted molar refractivity (Wildman–Crippen MR) is 119 cm³/mol. The number of nitrogens with zero attached hydrogens (tertiary/aromatic N) is 3. The Hall–Kier alpha value is -4.05. The van der Waals surface area contributed by atoms with Gasteiger partial charge < -0.3 is 0 Å². The number of para-hydroxylation sites is 2. The highest BCUT2D eigenvalue weighted by Crippen LogP contribution is 2.26. The standard InChI is InChI=1S/C25H20N4/c1-4-10-20(11-5-1)21-16-18-22(19-17-21)25-26-28(23-12-6-2-7-13-23)29(27-25)24-14-8-3-9-15-24/h1-19H,(H,26,27). The first-order valence-corrected chi connectivity index (χ1v) is 9.60. The highest BCUT2D eigenvalue weighted by molar-refractivity contribution is 6.02. The number of hydrazone groups is 1. The zero-order chi connectivity index (χ0) is 19.5. The smallest absolute Gasteiger partial charge is 0.176 e. The number of nitrogens with one attached hydrogen (secondary N) is 1. The lowest BCUT2D eigenvalue weighted by Gasteiger charge is -2.27. The Morgan fingerprint density at radius 1 is 0.483 bits per heavy atom. The van der Waals surface area contributed by atoms with Gasteiger partial charge in [-0.1, -0.05) is 91.0 Å². The van der Waals surface area contributed by atoms with Crippen LogP contribution in [0.3, 0.4) is 0 Å². The summed E-state index contributed by atoms with van der Waals surface area (Å²) in [7, 11) is 0. The largest absolute Gasteiger partial charge is 0.259 e. The van der Waals surface area contributed by atoms with E-state index in [9.17, 15) is 0 Å². The molecule has 0 aromatic heterocycles. The van der Waals surface area contributed by atoms with E-state index in [1.807, 2.05) is 64.8 Å². The van der Waals surface area contributed by atoms with Gasteiger partial charge in [0.25, 0.3) is 0 Å². The third kappa shape index (κ3) is 3.44. The summed E-state index contributed by atoms with van der Waals surface area (Å²) in [6.45, 7) is 0. The molecule has 0 unspecified atom stereocenters. The van der Waals surface area contributed by atoms with E-state index >= 15 is 0 Å². The van der Waals surface area contributed by atoms with E-state index in [0.29, 0.717) is 0 Å². The molecule has 0 amide bonds. The van der Waals surface area contributed by atoms with Crippen molar-refractivity contribution in [2.45, 2.75) is 0 Å². The van der Waals surface area contributed by atoms with Crippen LogP contribution in [-0.2, 0) is 0 Å². The van der Waals surface area contributed by atoms with Gasteiger partial charge in [0.05, 0.1) is 11.4 Å². The number of amidine groups is 1. The molecule has 0 bridgehead atoms. The first-order chi connectivity index (χ1) is 14.4. The Morgan fingerprint density at radius 2 is 0.966 bits per heavy atom. The number of anilines is 2. The molecule has 0 saturated carbocycles. The molecule has 0 spiro atoms. The average Bonchev–Trinajstić information content (AvgIpc) is 3.27. The minimum atomic E-state index is 0.803. The Labute approximate surface area is 170 Å². The van der Waals surface area contributed by atoms with E-state index in [1.54, 1.807) is 0 Å². The second-order valence-electron chi connectivity index (χ2n) is 6.78. The van der Waals surface area contributed by atoms with Crippen molar-refractivity contribution < 1.29 is 0 Å². The molecular weight excluding hydrogens is 356 g/mol. The number of hydrogen-bond donors (Lipinski definition) is 1. The van der Waals surface area contributed by atoms with Gasteiger partial charge in [0.2, 0.25) is 0 Å². The van der Waals surface area contributed by atoms with Crippen LogP contribution in [0, 0.1) is 0 Å². The van der Waals surface area contributed by atoms with Crippen molar-refractivity contribution >= 4 is 17.2 Å². The fourth-order valence-corrected chi connectivity index (χ4v) is 3.36. The van der Waals surface area contributed by atoms with Gasteiger partial charge in [-0.15, -0.1) is 5.10 Å². The summed E-state index contributed by atoms with van der Waals surface area (Å²) < 4.78 is 0. The van der Waals surface area contributed by atoms with E-state index in [-0.39, 0.29) is 0 Å². The van der Waals surface area contributed by atoms with E-state index < -0.39 is 0 Å². The molecule has 0 atom stereocenters. The van der Waals surface area contributed by atoms with Crippen molar-refractivity contribution in [3.8, 4) is 11.1 Å². The zero-order valence-electron chi connectivity index (χ0n) is 15.8. The minimum Gasteiger partial charge on any atom is -0.259 e. The van der Waals surface area contributed by atoms with Crippen LogP contribution in [0.1, 0.15) is 5.56 Å². The van der Waals surface area contributed by atoms with E-state index in [0.717, 1.165) is 22.8 Å². The van der Waals surface area contributed by atoms with Crippen LogP contribution in [0.5, 0.6) is 0 Å². The topological polar surface area (TPSA) is 30.9 Å². The van der Waals surface area contributed by atoms with Crippen LogP contribution in [0.15, 0.2) is 120 Å². The summed E-state index contributed by atoms with van der Waals surface area (Å²) in [6, 6.07) is 39.1. The molecule has 1 N–H and O–H groups in total. The molecule has 0 saturated heterocycles. The summed E-state index contributed by atoms with van der Waals surface area (Å²) in [5.74, 6) is 0.803.